The Labute approximate surface area is 105 Å². The van der Waals surface area contributed by atoms with Crippen LogP contribution in [0.25, 0.3) is 0 Å². The first-order valence-electron chi connectivity index (χ1n) is 6.03. The molecule has 1 heterocycles. The summed E-state index contributed by atoms with van der Waals surface area (Å²) in [5.41, 5.74) is 0. The van der Waals surface area contributed by atoms with Crippen LogP contribution in [0.2, 0.25) is 39.3 Å². The predicted molar refractivity (Wildman–Crippen MR) is 75.1 cm³/mol. The number of nitrogens with zero attached hydrogens (tertiary/aromatic N) is 2. The van der Waals surface area contributed by atoms with E-state index in [4.69, 9.17) is 0 Å². The normalized spacial score (nSPS) is 22.8. The minimum atomic E-state index is -1.04. The molecule has 0 amide bonds. The van der Waals surface area contributed by atoms with Gasteiger partial charge in [0.15, 0.2) is 0 Å². The quantitative estimate of drug-likeness (QED) is 0.724. The van der Waals surface area contributed by atoms with Gasteiger partial charge in [-0.2, -0.15) is 0 Å². The third-order valence-corrected chi connectivity index (χ3v) is 18.0. The van der Waals surface area contributed by atoms with Gasteiger partial charge in [-0.15, -0.1) is 0 Å². The summed E-state index contributed by atoms with van der Waals surface area (Å²) in [6.07, 6.45) is 2.85. The molecule has 0 aromatic carbocycles. The van der Waals surface area contributed by atoms with E-state index in [1.807, 2.05) is 0 Å². The van der Waals surface area contributed by atoms with Crippen molar-refractivity contribution in [3.63, 3.8) is 0 Å². The SMILES string of the molecule is C[Si](C)(C)[N]1CCCC[N]([Si](C)(C)C)[Ge]1. The van der Waals surface area contributed by atoms with Gasteiger partial charge in [0.25, 0.3) is 0 Å². The van der Waals surface area contributed by atoms with E-state index in [-0.39, 0.29) is 15.9 Å². The summed E-state index contributed by atoms with van der Waals surface area (Å²) < 4.78 is 5.80. The van der Waals surface area contributed by atoms with Gasteiger partial charge >= 0.3 is 105 Å². The van der Waals surface area contributed by atoms with Crippen LogP contribution in [0.4, 0.5) is 0 Å². The summed E-state index contributed by atoms with van der Waals surface area (Å²) in [6.45, 7) is 17.8. The van der Waals surface area contributed by atoms with Gasteiger partial charge < -0.3 is 0 Å². The van der Waals surface area contributed by atoms with E-state index in [2.05, 4.69) is 46.3 Å². The monoisotopic (exact) mass is 304 g/mol. The van der Waals surface area contributed by atoms with E-state index >= 15 is 0 Å². The Kier molecular flexibility index (Phi) is 4.69. The molecule has 0 aromatic rings. The molecule has 1 aliphatic heterocycles. The van der Waals surface area contributed by atoms with Crippen molar-refractivity contribution in [2.75, 3.05) is 13.1 Å². The molecule has 1 fully saturated rings. The third kappa shape index (κ3) is 4.34. The molecule has 0 N–H and O–H groups in total. The molecule has 15 heavy (non-hydrogen) atoms. The second-order valence-corrected chi connectivity index (χ2v) is 20.8. The van der Waals surface area contributed by atoms with Crippen molar-refractivity contribution in [2.45, 2.75) is 52.1 Å². The first-order chi connectivity index (χ1) is 6.71. The van der Waals surface area contributed by atoms with Crippen molar-refractivity contribution in [3.05, 3.63) is 0 Å². The van der Waals surface area contributed by atoms with Crippen LogP contribution in [0.15, 0.2) is 0 Å². The molecule has 2 nitrogen and oxygen atoms in total. The third-order valence-electron chi connectivity index (χ3n) is 2.87. The molecule has 0 saturated carbocycles. The van der Waals surface area contributed by atoms with E-state index in [1.165, 1.54) is 25.9 Å². The molecule has 5 heteroatoms. The van der Waals surface area contributed by atoms with Gasteiger partial charge in [0, 0.05) is 0 Å². The Balaban J connectivity index is 2.70. The first kappa shape index (κ1) is 14.0. The number of rotatable bonds is 2. The molecule has 0 aromatic heterocycles. The zero-order chi connectivity index (χ0) is 11.7. The van der Waals surface area contributed by atoms with Gasteiger partial charge in [-0.25, -0.2) is 0 Å². The van der Waals surface area contributed by atoms with Crippen molar-refractivity contribution in [1.29, 1.82) is 0 Å². The maximum atomic E-state index is 2.90. The first-order valence-corrected chi connectivity index (χ1v) is 14.8. The summed E-state index contributed by atoms with van der Waals surface area (Å²) in [7, 11) is -2.08. The van der Waals surface area contributed by atoms with E-state index < -0.39 is 16.5 Å². The van der Waals surface area contributed by atoms with Gasteiger partial charge in [0.2, 0.25) is 0 Å². The second kappa shape index (κ2) is 5.04. The molecule has 0 unspecified atom stereocenters. The Hall–Kier alpha value is 0.897. The van der Waals surface area contributed by atoms with Crippen LogP contribution in [0.1, 0.15) is 12.8 Å². The fourth-order valence-electron chi connectivity index (χ4n) is 1.76. The average Bonchev–Trinajstić information content (AvgIpc) is 2.24. The van der Waals surface area contributed by atoms with Crippen molar-refractivity contribution in [1.82, 2.24) is 7.05 Å². The standard InChI is InChI=1S/C10H26GeN2Si2/c1-14(2,3)12-9-7-8-10-13(11-12)15(4,5)6/h7-10H2,1-6H3. The Morgan fingerprint density at radius 3 is 1.33 bits per heavy atom. The summed E-state index contributed by atoms with van der Waals surface area (Å²) in [4.78, 5) is 0. The molecule has 0 atom stereocenters. The van der Waals surface area contributed by atoms with Crippen molar-refractivity contribution in [3.8, 4) is 0 Å². The zero-order valence-corrected chi connectivity index (χ0v) is 15.3. The Bertz CT molecular complexity index is 188. The van der Waals surface area contributed by atoms with Gasteiger partial charge in [-0.3, -0.25) is 0 Å². The van der Waals surface area contributed by atoms with Crippen LogP contribution in [-0.4, -0.2) is 52.5 Å². The van der Waals surface area contributed by atoms with E-state index in [1.54, 1.807) is 0 Å². The molecule has 2 radical (unpaired) electrons. The van der Waals surface area contributed by atoms with Crippen molar-refractivity contribution < 1.29 is 0 Å². The molecule has 1 saturated heterocycles. The summed E-state index contributed by atoms with van der Waals surface area (Å²) in [5.74, 6) is 0. The molecule has 0 aliphatic carbocycles. The average molecular weight is 303 g/mol. The van der Waals surface area contributed by atoms with Crippen LogP contribution in [0, 0.1) is 0 Å². The van der Waals surface area contributed by atoms with Crippen molar-refractivity contribution in [2.24, 2.45) is 0 Å². The maximum absolute atomic E-state index is 2.90. The van der Waals surface area contributed by atoms with Gasteiger partial charge in [-0.1, -0.05) is 0 Å². The molecule has 1 aliphatic rings. The summed E-state index contributed by atoms with van der Waals surface area (Å²) in [5, 5.41) is 0. The van der Waals surface area contributed by atoms with E-state index in [0.29, 0.717) is 0 Å². The summed E-state index contributed by atoms with van der Waals surface area (Å²) in [6, 6.07) is 0. The summed E-state index contributed by atoms with van der Waals surface area (Å²) >= 11 is 0.0193. The topological polar surface area (TPSA) is 6.48 Å². The molecule has 1 rings (SSSR count). The van der Waals surface area contributed by atoms with Gasteiger partial charge in [0.1, 0.15) is 0 Å². The van der Waals surface area contributed by atoms with Crippen LogP contribution >= 0.6 is 0 Å². The molecule has 0 bridgehead atoms. The predicted octanol–water partition coefficient (Wildman–Crippen LogP) is 2.59. The van der Waals surface area contributed by atoms with Gasteiger partial charge in [-0.05, 0) is 0 Å². The van der Waals surface area contributed by atoms with Crippen LogP contribution in [-0.2, 0) is 0 Å². The zero-order valence-electron chi connectivity index (χ0n) is 11.2. The number of hydrogen-bond acceptors (Lipinski definition) is 2. The van der Waals surface area contributed by atoms with Crippen LogP contribution < -0.4 is 0 Å². The minimum absolute atomic E-state index is 0.0193. The van der Waals surface area contributed by atoms with E-state index in [9.17, 15) is 0 Å². The molecule has 88 valence electrons. The second-order valence-electron chi connectivity index (χ2n) is 6.45. The van der Waals surface area contributed by atoms with Gasteiger partial charge in [0.05, 0.1) is 0 Å². The molecule has 0 spiro atoms. The Morgan fingerprint density at radius 2 is 1.07 bits per heavy atom. The molecular weight excluding hydrogens is 277 g/mol. The number of hydrogen-bond donors (Lipinski definition) is 0. The van der Waals surface area contributed by atoms with Crippen LogP contribution in [0.3, 0.4) is 0 Å². The fourth-order valence-corrected chi connectivity index (χ4v) is 11.3. The van der Waals surface area contributed by atoms with E-state index in [0.717, 1.165) is 0 Å². The Morgan fingerprint density at radius 1 is 0.733 bits per heavy atom. The van der Waals surface area contributed by atoms with Crippen LogP contribution in [0.5, 0.6) is 0 Å². The van der Waals surface area contributed by atoms with Crippen molar-refractivity contribution >= 4 is 32.3 Å². The molecular formula is C10H26GeN2Si2. The fraction of sp³-hybridized carbons (Fsp3) is 1.00.